The standard InChI is InChI=1S/C15H19NO3/c1-9-4-10(6-11(5-9)14(18)19)13(17)16-8-12-7-15(12,2)3/h4-6,12H,7-8H2,1-3H3,(H,16,17)(H,18,19). The summed E-state index contributed by atoms with van der Waals surface area (Å²) in [7, 11) is 0. The molecule has 2 N–H and O–H groups in total. The highest BCUT2D eigenvalue weighted by atomic mass is 16.4. The van der Waals surface area contributed by atoms with E-state index in [9.17, 15) is 9.59 Å². The molecule has 1 aliphatic rings. The number of carboxylic acids is 1. The monoisotopic (exact) mass is 261 g/mol. The fourth-order valence-electron chi connectivity index (χ4n) is 2.28. The molecule has 19 heavy (non-hydrogen) atoms. The summed E-state index contributed by atoms with van der Waals surface area (Å²) in [5, 5.41) is 11.9. The van der Waals surface area contributed by atoms with Crippen molar-refractivity contribution in [1.82, 2.24) is 5.32 Å². The van der Waals surface area contributed by atoms with Crippen LogP contribution in [0.3, 0.4) is 0 Å². The Hall–Kier alpha value is -1.84. The molecular weight excluding hydrogens is 242 g/mol. The predicted molar refractivity (Wildman–Crippen MR) is 72.4 cm³/mol. The van der Waals surface area contributed by atoms with Crippen LogP contribution in [0.5, 0.6) is 0 Å². The molecule has 102 valence electrons. The highest BCUT2D eigenvalue weighted by Crippen LogP contribution is 2.50. The van der Waals surface area contributed by atoms with E-state index in [-0.39, 0.29) is 11.5 Å². The molecule has 1 unspecified atom stereocenters. The van der Waals surface area contributed by atoms with E-state index in [0.717, 1.165) is 12.0 Å². The number of aromatic carboxylic acids is 1. The van der Waals surface area contributed by atoms with Crippen molar-refractivity contribution in [3.63, 3.8) is 0 Å². The molecular formula is C15H19NO3. The van der Waals surface area contributed by atoms with E-state index in [0.29, 0.717) is 23.4 Å². The van der Waals surface area contributed by atoms with Crippen LogP contribution >= 0.6 is 0 Å². The third-order valence-electron chi connectivity index (χ3n) is 3.81. The van der Waals surface area contributed by atoms with Crippen molar-refractivity contribution in [3.8, 4) is 0 Å². The Morgan fingerprint density at radius 1 is 1.32 bits per heavy atom. The normalized spacial score (nSPS) is 19.8. The first-order valence-electron chi connectivity index (χ1n) is 6.43. The summed E-state index contributed by atoms with van der Waals surface area (Å²) in [5.74, 6) is -0.685. The average Bonchev–Trinajstić information content (AvgIpc) is 2.93. The molecule has 2 rings (SSSR count). The van der Waals surface area contributed by atoms with Crippen molar-refractivity contribution in [3.05, 3.63) is 34.9 Å². The van der Waals surface area contributed by atoms with Gasteiger partial charge in [-0.3, -0.25) is 4.79 Å². The molecule has 1 aromatic rings. The van der Waals surface area contributed by atoms with Crippen LogP contribution in [-0.2, 0) is 0 Å². The summed E-state index contributed by atoms with van der Waals surface area (Å²) in [6.07, 6.45) is 1.13. The summed E-state index contributed by atoms with van der Waals surface area (Å²) >= 11 is 0. The lowest BCUT2D eigenvalue weighted by molar-refractivity contribution is 0.0696. The van der Waals surface area contributed by atoms with Gasteiger partial charge < -0.3 is 10.4 Å². The van der Waals surface area contributed by atoms with Crippen molar-refractivity contribution in [2.24, 2.45) is 11.3 Å². The number of amides is 1. The lowest BCUT2D eigenvalue weighted by Gasteiger charge is -2.08. The van der Waals surface area contributed by atoms with Crippen LogP contribution in [0.2, 0.25) is 0 Å². The van der Waals surface area contributed by atoms with Crippen molar-refractivity contribution in [2.45, 2.75) is 27.2 Å². The lowest BCUT2D eigenvalue weighted by atomic mass is 10.1. The Bertz CT molecular complexity index is 534. The molecule has 1 fully saturated rings. The Morgan fingerprint density at radius 2 is 1.89 bits per heavy atom. The molecule has 1 aromatic carbocycles. The smallest absolute Gasteiger partial charge is 0.335 e. The number of carbonyl (C=O) groups is 2. The van der Waals surface area contributed by atoms with E-state index in [2.05, 4.69) is 19.2 Å². The highest BCUT2D eigenvalue weighted by Gasteiger charge is 2.45. The number of nitrogens with one attached hydrogen (secondary N) is 1. The van der Waals surface area contributed by atoms with Crippen LogP contribution in [0.25, 0.3) is 0 Å². The molecule has 4 heteroatoms. The van der Waals surface area contributed by atoms with Crippen molar-refractivity contribution < 1.29 is 14.7 Å². The van der Waals surface area contributed by atoms with E-state index >= 15 is 0 Å². The van der Waals surface area contributed by atoms with E-state index in [1.165, 1.54) is 6.07 Å². The van der Waals surface area contributed by atoms with E-state index < -0.39 is 5.97 Å². The van der Waals surface area contributed by atoms with E-state index in [4.69, 9.17) is 5.11 Å². The van der Waals surface area contributed by atoms with Gasteiger partial charge in [0, 0.05) is 12.1 Å². The molecule has 1 atom stereocenters. The van der Waals surface area contributed by atoms with Gasteiger partial charge in [0.15, 0.2) is 0 Å². The molecule has 4 nitrogen and oxygen atoms in total. The number of rotatable bonds is 4. The number of aryl methyl sites for hydroxylation is 1. The van der Waals surface area contributed by atoms with E-state index in [1.54, 1.807) is 19.1 Å². The van der Waals surface area contributed by atoms with Crippen molar-refractivity contribution >= 4 is 11.9 Å². The molecule has 0 radical (unpaired) electrons. The van der Waals surface area contributed by atoms with Crippen molar-refractivity contribution in [1.29, 1.82) is 0 Å². The predicted octanol–water partition coefficient (Wildman–Crippen LogP) is 2.47. The number of hydrogen-bond acceptors (Lipinski definition) is 2. The van der Waals surface area contributed by atoms with Gasteiger partial charge in [0.05, 0.1) is 5.56 Å². The van der Waals surface area contributed by atoms with Crippen LogP contribution in [0.15, 0.2) is 18.2 Å². The summed E-state index contributed by atoms with van der Waals surface area (Å²) in [6.45, 7) is 6.80. The molecule has 0 aliphatic heterocycles. The largest absolute Gasteiger partial charge is 0.478 e. The first kappa shape index (κ1) is 13.6. The second-order valence-electron chi connectivity index (χ2n) is 5.99. The highest BCUT2D eigenvalue weighted by molar-refractivity contribution is 5.97. The van der Waals surface area contributed by atoms with Gasteiger partial charge in [0.1, 0.15) is 0 Å². The number of carboxylic acid groups (broad SMARTS) is 1. The lowest BCUT2D eigenvalue weighted by Crippen LogP contribution is -2.26. The van der Waals surface area contributed by atoms with Gasteiger partial charge in [-0.05, 0) is 48.4 Å². The number of carbonyl (C=O) groups excluding carboxylic acids is 1. The molecule has 1 saturated carbocycles. The maximum Gasteiger partial charge on any atom is 0.335 e. The van der Waals surface area contributed by atoms with Crippen LogP contribution in [-0.4, -0.2) is 23.5 Å². The van der Waals surface area contributed by atoms with Gasteiger partial charge in [0.2, 0.25) is 0 Å². The fourth-order valence-corrected chi connectivity index (χ4v) is 2.28. The van der Waals surface area contributed by atoms with E-state index in [1.807, 2.05) is 0 Å². The maximum atomic E-state index is 12.0. The third-order valence-corrected chi connectivity index (χ3v) is 3.81. The molecule has 0 aromatic heterocycles. The zero-order chi connectivity index (χ0) is 14.2. The Kier molecular flexibility index (Phi) is 3.35. The SMILES string of the molecule is Cc1cc(C(=O)O)cc(C(=O)NCC2CC2(C)C)c1. The minimum Gasteiger partial charge on any atom is -0.478 e. The second-order valence-corrected chi connectivity index (χ2v) is 5.99. The van der Waals surface area contributed by atoms with Crippen LogP contribution in [0.4, 0.5) is 0 Å². The molecule has 0 bridgehead atoms. The maximum absolute atomic E-state index is 12.0. The summed E-state index contributed by atoms with van der Waals surface area (Å²) in [5.41, 5.74) is 1.66. The Labute approximate surface area is 112 Å². The van der Waals surface area contributed by atoms with Gasteiger partial charge in [0.25, 0.3) is 5.91 Å². The minimum absolute atomic E-state index is 0.150. The first-order valence-corrected chi connectivity index (χ1v) is 6.43. The minimum atomic E-state index is -1.01. The van der Waals surface area contributed by atoms with Gasteiger partial charge in [-0.25, -0.2) is 4.79 Å². The number of benzene rings is 1. The Morgan fingerprint density at radius 3 is 2.42 bits per heavy atom. The third kappa shape index (κ3) is 3.13. The fraction of sp³-hybridized carbons (Fsp3) is 0.467. The van der Waals surface area contributed by atoms with Gasteiger partial charge >= 0.3 is 5.97 Å². The van der Waals surface area contributed by atoms with Gasteiger partial charge in [-0.15, -0.1) is 0 Å². The second kappa shape index (κ2) is 4.68. The van der Waals surface area contributed by atoms with Crippen LogP contribution in [0.1, 0.15) is 46.5 Å². The molecule has 0 saturated heterocycles. The van der Waals surface area contributed by atoms with Gasteiger partial charge in [-0.2, -0.15) is 0 Å². The van der Waals surface area contributed by atoms with Crippen LogP contribution in [0, 0.1) is 18.3 Å². The summed E-state index contributed by atoms with van der Waals surface area (Å²) in [4.78, 5) is 23.0. The number of hydrogen-bond donors (Lipinski definition) is 2. The summed E-state index contributed by atoms with van der Waals surface area (Å²) in [6, 6.07) is 4.69. The quantitative estimate of drug-likeness (QED) is 0.875. The zero-order valence-corrected chi connectivity index (χ0v) is 11.5. The summed E-state index contributed by atoms with van der Waals surface area (Å²) < 4.78 is 0. The molecule has 0 heterocycles. The average molecular weight is 261 g/mol. The van der Waals surface area contributed by atoms with Gasteiger partial charge in [-0.1, -0.05) is 13.8 Å². The molecule has 0 spiro atoms. The first-order chi connectivity index (χ1) is 8.79. The zero-order valence-electron chi connectivity index (χ0n) is 11.5. The van der Waals surface area contributed by atoms with Crippen LogP contribution < -0.4 is 5.32 Å². The van der Waals surface area contributed by atoms with Crippen molar-refractivity contribution in [2.75, 3.05) is 6.54 Å². The molecule has 1 amide bonds. The Balaban J connectivity index is 2.04. The topological polar surface area (TPSA) is 66.4 Å². The molecule has 1 aliphatic carbocycles.